The van der Waals surface area contributed by atoms with Crippen molar-refractivity contribution in [3.8, 4) is 0 Å². The van der Waals surface area contributed by atoms with Gasteiger partial charge in [-0.3, -0.25) is 14.8 Å². The molecule has 0 aliphatic heterocycles. The molecule has 1 aromatic carbocycles. The molecule has 3 aromatic rings. The van der Waals surface area contributed by atoms with Crippen LogP contribution in [-0.4, -0.2) is 30.5 Å². The van der Waals surface area contributed by atoms with Crippen LogP contribution in [0, 0.1) is 6.92 Å². The van der Waals surface area contributed by atoms with Gasteiger partial charge in [-0.2, -0.15) is 5.10 Å². The minimum atomic E-state index is -0.157. The number of amides is 1. The molecule has 2 heterocycles. The highest BCUT2D eigenvalue weighted by atomic mass is 79.9. The third-order valence-corrected chi connectivity index (χ3v) is 4.67. The molecular formula is C16H16BrClN6O. The molecule has 0 fully saturated rings. The van der Waals surface area contributed by atoms with Gasteiger partial charge >= 0.3 is 0 Å². The van der Waals surface area contributed by atoms with Gasteiger partial charge in [0.1, 0.15) is 6.33 Å². The number of carbonyl (C=O) groups is 1. The molecule has 0 radical (unpaired) electrons. The zero-order valence-electron chi connectivity index (χ0n) is 13.5. The molecule has 1 amide bonds. The third-order valence-electron chi connectivity index (χ3n) is 3.64. The van der Waals surface area contributed by atoms with Gasteiger partial charge in [0.15, 0.2) is 0 Å². The molecule has 9 heteroatoms. The summed E-state index contributed by atoms with van der Waals surface area (Å²) in [6.45, 7) is 2.99. The molecule has 7 nitrogen and oxygen atoms in total. The maximum atomic E-state index is 12.0. The number of aryl methyl sites for hydroxylation is 1. The number of carbonyl (C=O) groups excluding carboxylic acids is 1. The molecule has 0 aliphatic rings. The summed E-state index contributed by atoms with van der Waals surface area (Å²) in [7, 11) is 0. The van der Waals surface area contributed by atoms with Gasteiger partial charge < -0.3 is 0 Å². The van der Waals surface area contributed by atoms with E-state index in [1.807, 2.05) is 31.2 Å². The minimum absolute atomic E-state index is 0.157. The molecule has 130 valence electrons. The number of hydrogen-bond acceptors (Lipinski definition) is 4. The summed E-state index contributed by atoms with van der Waals surface area (Å²) in [6.07, 6.45) is 3.59. The van der Waals surface area contributed by atoms with Crippen molar-refractivity contribution in [2.24, 2.45) is 0 Å². The molecule has 2 aromatic heterocycles. The largest absolute Gasteiger partial charge is 0.293 e. The average Bonchev–Trinajstić information content (AvgIpc) is 3.15. The van der Waals surface area contributed by atoms with Gasteiger partial charge in [0.2, 0.25) is 11.9 Å². The number of benzene rings is 1. The summed E-state index contributed by atoms with van der Waals surface area (Å²) in [5.74, 6) is 0.132. The number of hydrogen-bond donors (Lipinski definition) is 1. The summed E-state index contributed by atoms with van der Waals surface area (Å²) in [5, 5.41) is 11.8. The van der Waals surface area contributed by atoms with Crippen molar-refractivity contribution in [1.29, 1.82) is 0 Å². The molecule has 0 spiro atoms. The Bertz CT molecular complexity index is 873. The van der Waals surface area contributed by atoms with Crippen molar-refractivity contribution in [2.75, 3.05) is 5.32 Å². The highest BCUT2D eigenvalue weighted by molar-refractivity contribution is 9.10. The first-order valence-corrected chi connectivity index (χ1v) is 8.80. The molecule has 0 atom stereocenters. The zero-order valence-corrected chi connectivity index (χ0v) is 15.8. The molecule has 0 aliphatic carbocycles. The number of nitrogens with one attached hydrogen (secondary N) is 1. The average molecular weight is 424 g/mol. The normalized spacial score (nSPS) is 10.8. The number of aromatic nitrogens is 5. The molecule has 0 saturated carbocycles. The first-order valence-electron chi connectivity index (χ1n) is 7.63. The van der Waals surface area contributed by atoms with Crippen molar-refractivity contribution in [1.82, 2.24) is 24.5 Å². The number of rotatable bonds is 6. The van der Waals surface area contributed by atoms with Crippen molar-refractivity contribution in [3.63, 3.8) is 0 Å². The maximum absolute atomic E-state index is 12.0. The minimum Gasteiger partial charge on any atom is -0.293 e. The summed E-state index contributed by atoms with van der Waals surface area (Å²) in [4.78, 5) is 16.2. The first kappa shape index (κ1) is 17.6. The SMILES string of the molecule is Cc1c(Br)cnn1CCC(=O)Nc1ncn(Cc2ccc(Cl)cc2)n1. The Hall–Kier alpha value is -2.19. The van der Waals surface area contributed by atoms with Crippen LogP contribution in [0.25, 0.3) is 0 Å². The molecular weight excluding hydrogens is 408 g/mol. The quantitative estimate of drug-likeness (QED) is 0.660. The van der Waals surface area contributed by atoms with Crippen LogP contribution in [0.4, 0.5) is 5.95 Å². The lowest BCUT2D eigenvalue weighted by atomic mass is 10.2. The lowest BCUT2D eigenvalue weighted by Crippen LogP contribution is -2.16. The van der Waals surface area contributed by atoms with Gasteiger partial charge in [0.05, 0.1) is 23.8 Å². The predicted molar refractivity (Wildman–Crippen MR) is 98.5 cm³/mol. The Balaban J connectivity index is 1.53. The smallest absolute Gasteiger partial charge is 0.248 e. The van der Waals surface area contributed by atoms with E-state index in [4.69, 9.17) is 11.6 Å². The van der Waals surface area contributed by atoms with Crippen molar-refractivity contribution < 1.29 is 4.79 Å². The standard InChI is InChI=1S/C16H16BrClN6O/c1-11-14(17)8-20-24(11)7-6-15(25)21-16-19-10-23(22-16)9-12-2-4-13(18)5-3-12/h2-5,8,10H,6-7,9H2,1H3,(H,21,22,25). The van der Waals surface area contributed by atoms with Gasteiger partial charge in [0.25, 0.3) is 0 Å². The Morgan fingerprint density at radius 2 is 2.08 bits per heavy atom. The Morgan fingerprint density at radius 1 is 1.32 bits per heavy atom. The maximum Gasteiger partial charge on any atom is 0.248 e. The van der Waals surface area contributed by atoms with E-state index in [9.17, 15) is 4.79 Å². The number of halogens is 2. The summed E-state index contributed by atoms with van der Waals surface area (Å²) < 4.78 is 4.36. The van der Waals surface area contributed by atoms with Gasteiger partial charge in [-0.05, 0) is 40.5 Å². The molecule has 3 rings (SSSR count). The number of nitrogens with zero attached hydrogens (tertiary/aromatic N) is 5. The van der Waals surface area contributed by atoms with Crippen LogP contribution >= 0.6 is 27.5 Å². The van der Waals surface area contributed by atoms with Crippen LogP contribution in [0.5, 0.6) is 0 Å². The molecule has 1 N–H and O–H groups in total. The summed E-state index contributed by atoms with van der Waals surface area (Å²) in [6, 6.07) is 7.50. The fourth-order valence-electron chi connectivity index (χ4n) is 2.25. The Morgan fingerprint density at radius 3 is 2.76 bits per heavy atom. The molecule has 0 saturated heterocycles. The van der Waals surface area contributed by atoms with Crippen LogP contribution < -0.4 is 5.32 Å². The highest BCUT2D eigenvalue weighted by Gasteiger charge is 2.09. The second kappa shape index (κ2) is 7.79. The van der Waals surface area contributed by atoms with E-state index in [1.165, 1.54) is 0 Å². The van der Waals surface area contributed by atoms with Crippen molar-refractivity contribution >= 4 is 39.4 Å². The second-order valence-corrected chi connectivity index (χ2v) is 6.78. The fourth-order valence-corrected chi connectivity index (χ4v) is 2.67. The first-order chi connectivity index (χ1) is 12.0. The van der Waals surface area contributed by atoms with Crippen LogP contribution in [-0.2, 0) is 17.9 Å². The number of anilines is 1. The molecule has 0 unspecified atom stereocenters. The second-order valence-electron chi connectivity index (χ2n) is 5.49. The van der Waals surface area contributed by atoms with Crippen LogP contribution in [0.2, 0.25) is 5.02 Å². The Kier molecular flexibility index (Phi) is 5.50. The van der Waals surface area contributed by atoms with Crippen LogP contribution in [0.15, 0.2) is 41.3 Å². The zero-order chi connectivity index (χ0) is 17.8. The van der Waals surface area contributed by atoms with E-state index in [1.54, 1.807) is 21.9 Å². The highest BCUT2D eigenvalue weighted by Crippen LogP contribution is 2.14. The summed E-state index contributed by atoms with van der Waals surface area (Å²) >= 11 is 9.27. The van der Waals surface area contributed by atoms with E-state index in [0.717, 1.165) is 15.7 Å². The topological polar surface area (TPSA) is 77.6 Å². The lowest BCUT2D eigenvalue weighted by Gasteiger charge is -2.04. The van der Waals surface area contributed by atoms with Crippen LogP contribution in [0.1, 0.15) is 17.7 Å². The van der Waals surface area contributed by atoms with E-state index in [0.29, 0.717) is 24.5 Å². The fraction of sp³-hybridized carbons (Fsp3) is 0.250. The molecule has 25 heavy (non-hydrogen) atoms. The predicted octanol–water partition coefficient (Wildman–Crippen LogP) is 3.28. The lowest BCUT2D eigenvalue weighted by molar-refractivity contribution is -0.116. The Labute approximate surface area is 158 Å². The van der Waals surface area contributed by atoms with E-state index >= 15 is 0 Å². The monoisotopic (exact) mass is 422 g/mol. The van der Waals surface area contributed by atoms with E-state index in [2.05, 4.69) is 36.4 Å². The van der Waals surface area contributed by atoms with E-state index in [-0.39, 0.29) is 11.9 Å². The van der Waals surface area contributed by atoms with Crippen molar-refractivity contribution in [3.05, 3.63) is 57.5 Å². The van der Waals surface area contributed by atoms with Gasteiger partial charge in [0, 0.05) is 17.1 Å². The van der Waals surface area contributed by atoms with Gasteiger partial charge in [-0.25, -0.2) is 9.67 Å². The van der Waals surface area contributed by atoms with Crippen LogP contribution in [0.3, 0.4) is 0 Å². The molecule has 0 bridgehead atoms. The van der Waals surface area contributed by atoms with Gasteiger partial charge in [-0.1, -0.05) is 23.7 Å². The van der Waals surface area contributed by atoms with Gasteiger partial charge in [-0.15, -0.1) is 5.10 Å². The van der Waals surface area contributed by atoms with Crippen molar-refractivity contribution in [2.45, 2.75) is 26.4 Å². The van der Waals surface area contributed by atoms with E-state index < -0.39 is 0 Å². The summed E-state index contributed by atoms with van der Waals surface area (Å²) in [5.41, 5.74) is 2.03. The third kappa shape index (κ3) is 4.67.